The highest BCUT2D eigenvalue weighted by molar-refractivity contribution is 7.85. The molecule has 0 amide bonds. The highest BCUT2D eigenvalue weighted by Crippen LogP contribution is 2.48. The van der Waals surface area contributed by atoms with Gasteiger partial charge in [0, 0.05) is 0 Å². The molecule has 1 heterocycles. The molecule has 120 valence electrons. The zero-order chi connectivity index (χ0) is 16.8. The summed E-state index contributed by atoms with van der Waals surface area (Å²) >= 11 is 0. The standard InChI is InChI=1S/C21H19NOS/c1-14-12-15(2)21(16(3)13-14)22-17-8-4-6-10-19(17)24(23)20-11-7-5-9-18(20)22/h4-13H,1-3H3. The van der Waals surface area contributed by atoms with Crippen molar-refractivity contribution in [2.45, 2.75) is 30.6 Å². The Kier molecular flexibility index (Phi) is 3.54. The molecule has 3 aromatic carbocycles. The zero-order valence-corrected chi connectivity index (χ0v) is 14.9. The van der Waals surface area contributed by atoms with Gasteiger partial charge >= 0.3 is 0 Å². The van der Waals surface area contributed by atoms with E-state index < -0.39 is 10.8 Å². The molecule has 4 rings (SSSR count). The minimum absolute atomic E-state index is 0.871. The Hall–Kier alpha value is -2.39. The van der Waals surface area contributed by atoms with E-state index in [0.29, 0.717) is 0 Å². The van der Waals surface area contributed by atoms with Crippen LogP contribution in [0.4, 0.5) is 17.1 Å². The predicted octanol–water partition coefficient (Wildman–Crippen LogP) is 5.56. The number of para-hydroxylation sites is 2. The fourth-order valence-electron chi connectivity index (χ4n) is 3.61. The number of hydrogen-bond donors (Lipinski definition) is 0. The topological polar surface area (TPSA) is 20.3 Å². The van der Waals surface area contributed by atoms with Crippen LogP contribution in [0.3, 0.4) is 0 Å². The molecule has 0 aromatic heterocycles. The molecule has 0 saturated carbocycles. The van der Waals surface area contributed by atoms with Crippen LogP contribution in [-0.2, 0) is 10.8 Å². The smallest absolute Gasteiger partial charge is 0.0892 e. The molecule has 2 nitrogen and oxygen atoms in total. The first kappa shape index (κ1) is 15.2. The summed E-state index contributed by atoms with van der Waals surface area (Å²) < 4.78 is 13.0. The second kappa shape index (κ2) is 5.60. The van der Waals surface area contributed by atoms with E-state index in [2.05, 4.69) is 49.9 Å². The first-order valence-electron chi connectivity index (χ1n) is 8.06. The third-order valence-electron chi connectivity index (χ3n) is 4.47. The van der Waals surface area contributed by atoms with Crippen LogP contribution < -0.4 is 4.90 Å². The Bertz CT molecular complexity index is 905. The molecule has 1 aliphatic rings. The van der Waals surface area contributed by atoms with E-state index in [9.17, 15) is 4.21 Å². The molecular weight excluding hydrogens is 314 g/mol. The van der Waals surface area contributed by atoms with E-state index >= 15 is 0 Å². The van der Waals surface area contributed by atoms with Crippen LogP contribution in [0.15, 0.2) is 70.5 Å². The van der Waals surface area contributed by atoms with Gasteiger partial charge in [0.25, 0.3) is 0 Å². The minimum atomic E-state index is -1.14. The molecule has 0 aliphatic carbocycles. The summed E-state index contributed by atoms with van der Waals surface area (Å²) in [5.74, 6) is 0. The lowest BCUT2D eigenvalue weighted by Crippen LogP contribution is -2.20. The Morgan fingerprint density at radius 2 is 1.21 bits per heavy atom. The van der Waals surface area contributed by atoms with Gasteiger partial charge in [-0.25, -0.2) is 4.21 Å². The van der Waals surface area contributed by atoms with Crippen molar-refractivity contribution in [2.75, 3.05) is 4.90 Å². The van der Waals surface area contributed by atoms with Crippen LogP contribution >= 0.6 is 0 Å². The van der Waals surface area contributed by atoms with Crippen LogP contribution in [0.1, 0.15) is 16.7 Å². The van der Waals surface area contributed by atoms with Crippen LogP contribution in [0.25, 0.3) is 0 Å². The number of rotatable bonds is 1. The predicted molar refractivity (Wildman–Crippen MR) is 100 cm³/mol. The molecular formula is C21H19NOS. The van der Waals surface area contributed by atoms with Gasteiger partial charge in [-0.3, -0.25) is 0 Å². The zero-order valence-electron chi connectivity index (χ0n) is 14.0. The second-order valence-electron chi connectivity index (χ2n) is 6.29. The number of benzene rings is 3. The number of aryl methyl sites for hydroxylation is 3. The quantitative estimate of drug-likeness (QED) is 0.454. The highest BCUT2D eigenvalue weighted by atomic mass is 32.2. The fourth-order valence-corrected chi connectivity index (χ4v) is 4.95. The molecule has 0 atom stereocenters. The van der Waals surface area contributed by atoms with Crippen molar-refractivity contribution in [3.63, 3.8) is 0 Å². The Labute approximate surface area is 145 Å². The maximum Gasteiger partial charge on any atom is 0.0892 e. The van der Waals surface area contributed by atoms with Gasteiger partial charge in [-0.1, -0.05) is 42.0 Å². The molecule has 0 unspecified atom stereocenters. The van der Waals surface area contributed by atoms with Gasteiger partial charge in [0.2, 0.25) is 0 Å². The van der Waals surface area contributed by atoms with Gasteiger partial charge in [-0.2, -0.15) is 0 Å². The first-order chi connectivity index (χ1) is 11.6. The van der Waals surface area contributed by atoms with Crippen LogP contribution in [-0.4, -0.2) is 4.21 Å². The van der Waals surface area contributed by atoms with Gasteiger partial charge in [0.05, 0.1) is 37.7 Å². The number of fused-ring (bicyclic) bond motifs is 2. The van der Waals surface area contributed by atoms with Crippen molar-refractivity contribution >= 4 is 27.9 Å². The van der Waals surface area contributed by atoms with E-state index in [1.165, 1.54) is 22.4 Å². The average Bonchev–Trinajstić information content (AvgIpc) is 2.57. The largest absolute Gasteiger partial charge is 0.307 e. The van der Waals surface area contributed by atoms with Crippen LogP contribution in [0.5, 0.6) is 0 Å². The Morgan fingerprint density at radius 3 is 1.71 bits per heavy atom. The SMILES string of the molecule is Cc1cc(C)c(N2c3ccccc3S(=O)c3ccccc32)c(C)c1. The number of hydrogen-bond acceptors (Lipinski definition) is 2. The van der Waals surface area contributed by atoms with E-state index in [1.54, 1.807) is 0 Å². The summed E-state index contributed by atoms with van der Waals surface area (Å²) in [4.78, 5) is 4.00. The molecule has 3 aromatic rings. The molecule has 3 heteroatoms. The third kappa shape index (κ3) is 2.20. The van der Waals surface area contributed by atoms with Gasteiger partial charge < -0.3 is 4.90 Å². The van der Waals surface area contributed by atoms with E-state index in [4.69, 9.17) is 0 Å². The molecule has 0 N–H and O–H groups in total. The van der Waals surface area contributed by atoms with E-state index in [1.807, 2.05) is 36.4 Å². The number of anilines is 3. The summed E-state index contributed by atoms with van der Waals surface area (Å²) in [5.41, 5.74) is 6.90. The Balaban J connectivity index is 2.07. The van der Waals surface area contributed by atoms with Crippen molar-refractivity contribution in [1.82, 2.24) is 0 Å². The molecule has 0 radical (unpaired) electrons. The molecule has 0 bridgehead atoms. The van der Waals surface area contributed by atoms with Gasteiger partial charge in [-0.05, 0) is 56.2 Å². The fraction of sp³-hybridized carbons (Fsp3) is 0.143. The van der Waals surface area contributed by atoms with Crippen molar-refractivity contribution < 1.29 is 4.21 Å². The maximum atomic E-state index is 13.0. The lowest BCUT2D eigenvalue weighted by molar-refractivity contribution is 0.682. The highest BCUT2D eigenvalue weighted by Gasteiger charge is 2.30. The summed E-state index contributed by atoms with van der Waals surface area (Å²) in [6.45, 7) is 6.41. The monoisotopic (exact) mass is 333 g/mol. The number of nitrogens with zero attached hydrogens (tertiary/aromatic N) is 1. The molecule has 24 heavy (non-hydrogen) atoms. The van der Waals surface area contributed by atoms with Crippen molar-refractivity contribution in [3.05, 3.63) is 77.4 Å². The van der Waals surface area contributed by atoms with Crippen molar-refractivity contribution in [1.29, 1.82) is 0 Å². The summed E-state index contributed by atoms with van der Waals surface area (Å²) in [6.07, 6.45) is 0. The minimum Gasteiger partial charge on any atom is -0.307 e. The lowest BCUT2D eigenvalue weighted by Gasteiger charge is -2.34. The van der Waals surface area contributed by atoms with Crippen LogP contribution in [0.2, 0.25) is 0 Å². The average molecular weight is 333 g/mol. The van der Waals surface area contributed by atoms with Gasteiger partial charge in [0.1, 0.15) is 0 Å². The first-order valence-corrected chi connectivity index (χ1v) is 9.20. The van der Waals surface area contributed by atoms with E-state index in [-0.39, 0.29) is 0 Å². The summed E-state index contributed by atoms with van der Waals surface area (Å²) in [5, 5.41) is 0. The Morgan fingerprint density at radius 1 is 0.750 bits per heavy atom. The lowest BCUT2D eigenvalue weighted by atomic mass is 10.0. The maximum absolute atomic E-state index is 13.0. The molecule has 0 fully saturated rings. The molecule has 0 saturated heterocycles. The summed E-state index contributed by atoms with van der Waals surface area (Å²) in [7, 11) is -1.14. The van der Waals surface area contributed by atoms with Gasteiger partial charge in [0.15, 0.2) is 0 Å². The summed E-state index contributed by atoms with van der Waals surface area (Å²) in [6, 6.07) is 20.4. The van der Waals surface area contributed by atoms with E-state index in [0.717, 1.165) is 21.2 Å². The second-order valence-corrected chi connectivity index (χ2v) is 7.70. The van der Waals surface area contributed by atoms with Crippen LogP contribution in [0, 0.1) is 20.8 Å². The van der Waals surface area contributed by atoms with Gasteiger partial charge in [-0.15, -0.1) is 0 Å². The molecule has 0 spiro atoms. The van der Waals surface area contributed by atoms with Crippen molar-refractivity contribution in [2.24, 2.45) is 0 Å². The third-order valence-corrected chi connectivity index (χ3v) is 5.96. The van der Waals surface area contributed by atoms with Crippen molar-refractivity contribution in [3.8, 4) is 0 Å². The normalized spacial score (nSPS) is 13.5. The molecule has 1 aliphatic heterocycles.